The Balaban J connectivity index is 1.75. The molecule has 1 aromatic carbocycles. The lowest BCUT2D eigenvalue weighted by molar-refractivity contribution is -0.384. The summed E-state index contributed by atoms with van der Waals surface area (Å²) in [5.41, 5.74) is 0.0411. The highest BCUT2D eigenvalue weighted by molar-refractivity contribution is 5.36. The number of fused-ring (bicyclic) bond motifs is 2. The molecule has 0 aromatic heterocycles. The van der Waals surface area contributed by atoms with Crippen LogP contribution in [0.4, 0.5) is 5.69 Å². The van der Waals surface area contributed by atoms with Gasteiger partial charge in [-0.25, -0.2) is 0 Å². The molecule has 0 spiro atoms. The highest BCUT2D eigenvalue weighted by Gasteiger charge is 2.49. The van der Waals surface area contributed by atoms with Crippen LogP contribution in [-0.2, 0) is 0 Å². The van der Waals surface area contributed by atoms with Crippen molar-refractivity contribution in [1.29, 1.82) is 0 Å². The topological polar surface area (TPSA) is 52.4 Å². The lowest BCUT2D eigenvalue weighted by Crippen LogP contribution is -2.38. The maximum Gasteiger partial charge on any atom is 0.269 e. The minimum atomic E-state index is -0.386. The molecule has 4 heteroatoms. The second-order valence-corrected chi connectivity index (χ2v) is 5.75. The number of ether oxygens (including phenoxy) is 1. The maximum atomic E-state index is 10.6. The maximum absolute atomic E-state index is 10.6. The molecule has 3 unspecified atom stereocenters. The molecule has 0 aliphatic heterocycles. The molecule has 2 aliphatic carbocycles. The summed E-state index contributed by atoms with van der Waals surface area (Å²) in [5, 5.41) is 10.6. The molecule has 0 saturated heterocycles. The number of nitro groups is 1. The van der Waals surface area contributed by atoms with Gasteiger partial charge in [0, 0.05) is 12.1 Å². The van der Waals surface area contributed by atoms with E-state index in [-0.39, 0.29) is 16.2 Å². The predicted molar refractivity (Wildman–Crippen MR) is 67.6 cm³/mol. The molecule has 96 valence electrons. The lowest BCUT2D eigenvalue weighted by atomic mass is 9.85. The summed E-state index contributed by atoms with van der Waals surface area (Å²) in [6.45, 7) is 2.18. The van der Waals surface area contributed by atoms with E-state index in [2.05, 4.69) is 6.92 Å². The van der Waals surface area contributed by atoms with Gasteiger partial charge in [0.2, 0.25) is 0 Å². The van der Waals surface area contributed by atoms with Gasteiger partial charge in [-0.05, 0) is 56.6 Å². The van der Waals surface area contributed by atoms with Gasteiger partial charge in [0.15, 0.2) is 0 Å². The molecule has 4 nitrogen and oxygen atoms in total. The molecular weight excluding hydrogens is 230 g/mol. The third-order valence-corrected chi connectivity index (χ3v) is 4.50. The molecule has 18 heavy (non-hydrogen) atoms. The van der Waals surface area contributed by atoms with Gasteiger partial charge in [0.1, 0.15) is 11.4 Å². The molecule has 0 amide bonds. The van der Waals surface area contributed by atoms with Crippen LogP contribution in [-0.4, -0.2) is 10.5 Å². The quantitative estimate of drug-likeness (QED) is 0.606. The first-order valence-corrected chi connectivity index (χ1v) is 6.50. The number of hydrogen-bond acceptors (Lipinski definition) is 3. The van der Waals surface area contributed by atoms with Gasteiger partial charge in [0.25, 0.3) is 5.69 Å². The molecule has 2 aliphatic rings. The second-order valence-electron chi connectivity index (χ2n) is 5.75. The van der Waals surface area contributed by atoms with E-state index in [1.807, 2.05) is 0 Å². The normalized spacial score (nSPS) is 33.6. The third kappa shape index (κ3) is 1.85. The Morgan fingerprint density at radius 1 is 1.33 bits per heavy atom. The van der Waals surface area contributed by atoms with Crippen LogP contribution in [0.3, 0.4) is 0 Å². The van der Waals surface area contributed by atoms with Crippen molar-refractivity contribution in [2.24, 2.45) is 11.8 Å². The van der Waals surface area contributed by atoms with Crippen molar-refractivity contribution in [3.8, 4) is 5.75 Å². The van der Waals surface area contributed by atoms with E-state index in [0.29, 0.717) is 5.92 Å². The molecule has 0 heterocycles. The first-order valence-electron chi connectivity index (χ1n) is 6.50. The Hall–Kier alpha value is -1.58. The van der Waals surface area contributed by atoms with Gasteiger partial charge in [-0.15, -0.1) is 0 Å². The Kier molecular flexibility index (Phi) is 2.54. The fourth-order valence-electron chi connectivity index (χ4n) is 3.58. The number of nitrogens with zero attached hydrogens (tertiary/aromatic N) is 1. The van der Waals surface area contributed by atoms with Gasteiger partial charge >= 0.3 is 0 Å². The van der Waals surface area contributed by atoms with E-state index < -0.39 is 0 Å². The summed E-state index contributed by atoms with van der Waals surface area (Å²) >= 11 is 0. The highest BCUT2D eigenvalue weighted by Crippen LogP contribution is 2.52. The van der Waals surface area contributed by atoms with Crippen molar-refractivity contribution in [3.05, 3.63) is 34.4 Å². The minimum absolute atomic E-state index is 0.0704. The standard InChI is InChI=1S/C14H17NO3/c1-14(9-10-2-3-11(14)8-10)18-13-6-4-12(5-7-13)15(16)17/h4-7,10-11H,2-3,8-9H2,1H3. The average molecular weight is 247 g/mol. The zero-order chi connectivity index (χ0) is 12.8. The van der Waals surface area contributed by atoms with E-state index in [1.54, 1.807) is 12.1 Å². The van der Waals surface area contributed by atoms with Crippen molar-refractivity contribution in [2.75, 3.05) is 0 Å². The molecule has 3 atom stereocenters. The smallest absolute Gasteiger partial charge is 0.269 e. The summed E-state index contributed by atoms with van der Waals surface area (Å²) < 4.78 is 6.11. The van der Waals surface area contributed by atoms with Gasteiger partial charge < -0.3 is 4.74 Å². The van der Waals surface area contributed by atoms with Crippen LogP contribution in [0.1, 0.15) is 32.6 Å². The molecule has 1 aromatic rings. The summed E-state index contributed by atoms with van der Waals surface area (Å²) in [4.78, 5) is 10.2. The van der Waals surface area contributed by atoms with Crippen LogP contribution in [0.25, 0.3) is 0 Å². The van der Waals surface area contributed by atoms with Crippen LogP contribution in [0.15, 0.2) is 24.3 Å². The minimum Gasteiger partial charge on any atom is -0.487 e. The summed E-state index contributed by atoms with van der Waals surface area (Å²) in [7, 11) is 0. The first-order chi connectivity index (χ1) is 8.57. The van der Waals surface area contributed by atoms with Crippen molar-refractivity contribution in [3.63, 3.8) is 0 Å². The van der Waals surface area contributed by atoms with E-state index in [4.69, 9.17) is 4.74 Å². The average Bonchev–Trinajstić information content (AvgIpc) is 2.89. The predicted octanol–water partition coefficient (Wildman–Crippen LogP) is 3.55. The van der Waals surface area contributed by atoms with Crippen LogP contribution >= 0.6 is 0 Å². The van der Waals surface area contributed by atoms with E-state index in [9.17, 15) is 10.1 Å². The lowest BCUT2D eigenvalue weighted by Gasteiger charge is -2.34. The Bertz CT molecular complexity index is 470. The molecule has 2 bridgehead atoms. The SMILES string of the molecule is CC1(Oc2ccc([N+](=O)[O-])cc2)CC2CCC1C2. The van der Waals surface area contributed by atoms with Gasteiger partial charge in [0.05, 0.1) is 4.92 Å². The van der Waals surface area contributed by atoms with E-state index >= 15 is 0 Å². The highest BCUT2D eigenvalue weighted by atomic mass is 16.6. The summed E-state index contributed by atoms with van der Waals surface area (Å²) in [6, 6.07) is 6.42. The second kappa shape index (κ2) is 3.97. The van der Waals surface area contributed by atoms with Crippen LogP contribution in [0, 0.1) is 22.0 Å². The van der Waals surface area contributed by atoms with Crippen LogP contribution in [0.2, 0.25) is 0 Å². The van der Waals surface area contributed by atoms with Crippen molar-refractivity contribution < 1.29 is 9.66 Å². The van der Waals surface area contributed by atoms with Gasteiger partial charge in [-0.3, -0.25) is 10.1 Å². The fraction of sp³-hybridized carbons (Fsp3) is 0.571. The van der Waals surface area contributed by atoms with Crippen molar-refractivity contribution >= 4 is 5.69 Å². The number of rotatable bonds is 3. The zero-order valence-electron chi connectivity index (χ0n) is 10.5. The van der Waals surface area contributed by atoms with Crippen LogP contribution < -0.4 is 4.74 Å². The summed E-state index contributed by atoms with van der Waals surface area (Å²) in [5.74, 6) is 2.21. The van der Waals surface area contributed by atoms with E-state index in [0.717, 1.165) is 18.1 Å². The molecule has 3 rings (SSSR count). The first kappa shape index (κ1) is 11.5. The van der Waals surface area contributed by atoms with Gasteiger partial charge in [-0.1, -0.05) is 0 Å². The molecule has 2 fully saturated rings. The Morgan fingerprint density at radius 2 is 2.06 bits per heavy atom. The third-order valence-electron chi connectivity index (χ3n) is 4.50. The van der Waals surface area contributed by atoms with Crippen LogP contribution in [0.5, 0.6) is 5.75 Å². The number of non-ortho nitro benzene ring substituents is 1. The number of benzene rings is 1. The monoisotopic (exact) mass is 247 g/mol. The molecule has 0 N–H and O–H groups in total. The largest absolute Gasteiger partial charge is 0.487 e. The number of nitro benzene ring substituents is 1. The Morgan fingerprint density at radius 3 is 2.56 bits per heavy atom. The fourth-order valence-corrected chi connectivity index (χ4v) is 3.58. The number of hydrogen-bond donors (Lipinski definition) is 0. The van der Waals surface area contributed by atoms with Crippen molar-refractivity contribution in [1.82, 2.24) is 0 Å². The van der Waals surface area contributed by atoms with Gasteiger partial charge in [-0.2, -0.15) is 0 Å². The Labute approximate surface area is 106 Å². The molecule has 2 saturated carbocycles. The zero-order valence-corrected chi connectivity index (χ0v) is 10.5. The molecular formula is C14H17NO3. The van der Waals surface area contributed by atoms with Crippen molar-refractivity contribution in [2.45, 2.75) is 38.2 Å². The summed E-state index contributed by atoms with van der Waals surface area (Å²) in [6.07, 6.45) is 5.00. The molecule has 0 radical (unpaired) electrons. The van der Waals surface area contributed by atoms with E-state index in [1.165, 1.54) is 31.4 Å².